The van der Waals surface area contributed by atoms with Gasteiger partial charge in [0.2, 0.25) is 10.0 Å². The number of rotatable bonds is 6. The molecule has 0 saturated heterocycles. The fourth-order valence-corrected chi connectivity index (χ4v) is 4.32. The highest BCUT2D eigenvalue weighted by Crippen LogP contribution is 2.24. The lowest BCUT2D eigenvalue weighted by atomic mass is 10.1. The second-order valence-electron chi connectivity index (χ2n) is 6.03. The molecule has 4 nitrogen and oxygen atoms in total. The van der Waals surface area contributed by atoms with Gasteiger partial charge in [-0.3, -0.25) is 9.29 Å². The average molecular weight is 370 g/mol. The lowest BCUT2D eigenvalue weighted by Crippen LogP contribution is -2.32. The van der Waals surface area contributed by atoms with Crippen LogP contribution in [0.5, 0.6) is 0 Å². The number of anilines is 1. The number of nitrogens with zero attached hydrogens (tertiary/aromatic N) is 2. The second kappa shape index (κ2) is 7.66. The summed E-state index contributed by atoms with van der Waals surface area (Å²) < 4.78 is 40.9. The van der Waals surface area contributed by atoms with Crippen LogP contribution < -0.4 is 4.31 Å². The average Bonchev–Trinajstić information content (AvgIpc) is 2.63. The van der Waals surface area contributed by atoms with E-state index in [0.29, 0.717) is 5.69 Å². The second-order valence-corrected chi connectivity index (χ2v) is 7.92. The van der Waals surface area contributed by atoms with Crippen molar-refractivity contribution in [2.75, 3.05) is 4.31 Å². The molecule has 6 heteroatoms. The minimum absolute atomic E-state index is 0.128. The van der Waals surface area contributed by atoms with E-state index < -0.39 is 15.8 Å². The van der Waals surface area contributed by atoms with Gasteiger partial charge in [-0.05, 0) is 53.9 Å². The molecule has 0 amide bonds. The Morgan fingerprint density at radius 2 is 1.73 bits per heavy atom. The Kier molecular flexibility index (Phi) is 5.32. The zero-order valence-corrected chi connectivity index (χ0v) is 15.2. The summed E-state index contributed by atoms with van der Waals surface area (Å²) >= 11 is 0. The van der Waals surface area contributed by atoms with Crippen molar-refractivity contribution in [2.24, 2.45) is 0 Å². The molecule has 26 heavy (non-hydrogen) atoms. The summed E-state index contributed by atoms with van der Waals surface area (Å²) in [5, 5.41) is 0. The molecule has 0 saturated carbocycles. The van der Waals surface area contributed by atoms with Crippen LogP contribution >= 0.6 is 0 Å². The van der Waals surface area contributed by atoms with Gasteiger partial charge in [-0.2, -0.15) is 0 Å². The maximum Gasteiger partial charge on any atom is 0.239 e. The van der Waals surface area contributed by atoms with Gasteiger partial charge in [-0.15, -0.1) is 0 Å². The first-order valence-electron chi connectivity index (χ1n) is 8.15. The zero-order chi connectivity index (χ0) is 18.6. The Morgan fingerprint density at radius 1 is 1.00 bits per heavy atom. The van der Waals surface area contributed by atoms with Crippen LogP contribution in [0.25, 0.3) is 0 Å². The first-order chi connectivity index (χ1) is 12.5. The first kappa shape index (κ1) is 18.1. The summed E-state index contributed by atoms with van der Waals surface area (Å²) in [7, 11) is -3.68. The number of hydrogen-bond acceptors (Lipinski definition) is 3. The molecule has 134 valence electrons. The number of benzene rings is 2. The Hall–Kier alpha value is -2.73. The van der Waals surface area contributed by atoms with Crippen molar-refractivity contribution < 1.29 is 12.8 Å². The highest BCUT2D eigenvalue weighted by molar-refractivity contribution is 7.92. The minimum Gasteiger partial charge on any atom is -0.265 e. The van der Waals surface area contributed by atoms with E-state index in [1.165, 1.54) is 28.6 Å². The van der Waals surface area contributed by atoms with Gasteiger partial charge in [0.15, 0.2) is 0 Å². The molecule has 0 unspecified atom stereocenters. The van der Waals surface area contributed by atoms with Gasteiger partial charge in [0.1, 0.15) is 5.82 Å². The van der Waals surface area contributed by atoms with Crippen LogP contribution in [0.2, 0.25) is 0 Å². The van der Waals surface area contributed by atoms with Gasteiger partial charge in [-0.25, -0.2) is 12.8 Å². The number of pyridine rings is 1. The molecule has 3 aromatic rings. The molecular weight excluding hydrogens is 351 g/mol. The van der Waals surface area contributed by atoms with Gasteiger partial charge < -0.3 is 0 Å². The van der Waals surface area contributed by atoms with E-state index in [9.17, 15) is 12.8 Å². The van der Waals surface area contributed by atoms with E-state index in [4.69, 9.17) is 0 Å². The Balaban J connectivity index is 1.98. The van der Waals surface area contributed by atoms with Crippen molar-refractivity contribution in [1.82, 2.24) is 4.98 Å². The third kappa shape index (κ3) is 4.26. The van der Waals surface area contributed by atoms with Crippen LogP contribution in [0.15, 0.2) is 73.1 Å². The molecule has 0 radical (unpaired) electrons. The van der Waals surface area contributed by atoms with Gasteiger partial charge in [0, 0.05) is 12.4 Å². The fourth-order valence-electron chi connectivity index (χ4n) is 2.66. The summed E-state index contributed by atoms with van der Waals surface area (Å²) in [6.07, 6.45) is 3.26. The van der Waals surface area contributed by atoms with E-state index in [2.05, 4.69) is 4.98 Å². The SMILES string of the molecule is Cc1ccccc1CS(=O)(=O)N(Cc1cccnc1)c1ccc(F)cc1. The standard InChI is InChI=1S/C20H19FN2O2S/c1-16-5-2-3-7-18(16)15-26(24,25)23(14-17-6-4-12-22-13-17)20-10-8-19(21)9-11-20/h2-13H,14-15H2,1H3. The van der Waals surface area contributed by atoms with E-state index in [1.807, 2.05) is 31.2 Å². The largest absolute Gasteiger partial charge is 0.265 e. The Morgan fingerprint density at radius 3 is 2.38 bits per heavy atom. The third-order valence-electron chi connectivity index (χ3n) is 4.10. The summed E-state index contributed by atoms with van der Waals surface area (Å²) in [6, 6.07) is 16.4. The smallest absolute Gasteiger partial charge is 0.239 e. The lowest BCUT2D eigenvalue weighted by molar-refractivity contribution is 0.589. The highest BCUT2D eigenvalue weighted by atomic mass is 32.2. The molecule has 0 spiro atoms. The van der Waals surface area contributed by atoms with Gasteiger partial charge in [0.05, 0.1) is 18.0 Å². The van der Waals surface area contributed by atoms with Crippen LogP contribution in [-0.2, 0) is 22.3 Å². The van der Waals surface area contributed by atoms with Gasteiger partial charge in [-0.1, -0.05) is 30.3 Å². The van der Waals surface area contributed by atoms with Crippen LogP contribution in [-0.4, -0.2) is 13.4 Å². The zero-order valence-electron chi connectivity index (χ0n) is 14.3. The molecule has 1 heterocycles. The van der Waals surface area contributed by atoms with E-state index in [1.54, 1.807) is 24.5 Å². The van der Waals surface area contributed by atoms with E-state index in [0.717, 1.165) is 16.7 Å². The first-order valence-corrected chi connectivity index (χ1v) is 9.76. The summed E-state index contributed by atoms with van der Waals surface area (Å²) in [6.45, 7) is 2.02. The molecule has 0 aliphatic carbocycles. The topological polar surface area (TPSA) is 50.3 Å². The van der Waals surface area contributed by atoms with Crippen LogP contribution in [0.1, 0.15) is 16.7 Å². The molecule has 1 aromatic heterocycles. The molecule has 0 atom stereocenters. The number of hydrogen-bond donors (Lipinski definition) is 0. The Labute approximate surface area is 153 Å². The van der Waals surface area contributed by atoms with E-state index in [-0.39, 0.29) is 12.3 Å². The van der Waals surface area contributed by atoms with Crippen molar-refractivity contribution in [2.45, 2.75) is 19.2 Å². The summed E-state index contributed by atoms with van der Waals surface area (Å²) in [4.78, 5) is 4.04. The minimum atomic E-state index is -3.68. The van der Waals surface area contributed by atoms with Crippen molar-refractivity contribution in [3.05, 3.63) is 95.6 Å². The van der Waals surface area contributed by atoms with Crippen molar-refractivity contribution >= 4 is 15.7 Å². The third-order valence-corrected chi connectivity index (χ3v) is 5.79. The highest BCUT2D eigenvalue weighted by Gasteiger charge is 2.24. The lowest BCUT2D eigenvalue weighted by Gasteiger charge is -2.25. The van der Waals surface area contributed by atoms with Gasteiger partial charge >= 0.3 is 0 Å². The maximum absolute atomic E-state index is 13.3. The molecule has 0 fully saturated rings. The molecule has 2 aromatic carbocycles. The normalized spacial score (nSPS) is 11.3. The monoisotopic (exact) mass is 370 g/mol. The van der Waals surface area contributed by atoms with E-state index >= 15 is 0 Å². The molecule has 0 N–H and O–H groups in total. The molecule has 0 bridgehead atoms. The molecular formula is C20H19FN2O2S. The predicted molar refractivity (Wildman–Crippen MR) is 101 cm³/mol. The maximum atomic E-state index is 13.3. The quantitative estimate of drug-likeness (QED) is 0.657. The molecule has 3 rings (SSSR count). The van der Waals surface area contributed by atoms with Crippen LogP contribution in [0.3, 0.4) is 0 Å². The van der Waals surface area contributed by atoms with Crippen molar-refractivity contribution in [3.63, 3.8) is 0 Å². The molecule has 0 aliphatic rings. The predicted octanol–water partition coefficient (Wildman–Crippen LogP) is 4.07. The molecule has 0 aliphatic heterocycles. The van der Waals surface area contributed by atoms with Crippen molar-refractivity contribution in [1.29, 1.82) is 0 Å². The van der Waals surface area contributed by atoms with Crippen LogP contribution in [0.4, 0.5) is 10.1 Å². The number of halogens is 1. The summed E-state index contributed by atoms with van der Waals surface area (Å²) in [5.74, 6) is -0.538. The Bertz CT molecular complexity index is 974. The number of sulfonamides is 1. The van der Waals surface area contributed by atoms with Crippen molar-refractivity contribution in [3.8, 4) is 0 Å². The van der Waals surface area contributed by atoms with Gasteiger partial charge in [0.25, 0.3) is 0 Å². The number of aryl methyl sites for hydroxylation is 1. The fraction of sp³-hybridized carbons (Fsp3) is 0.150. The number of aromatic nitrogens is 1. The van der Waals surface area contributed by atoms with Crippen LogP contribution in [0, 0.1) is 12.7 Å². The summed E-state index contributed by atoms with van der Waals surface area (Å²) in [5.41, 5.74) is 2.83.